The van der Waals surface area contributed by atoms with Gasteiger partial charge in [0.2, 0.25) is 0 Å². The van der Waals surface area contributed by atoms with E-state index in [1.54, 1.807) is 13.3 Å². The van der Waals surface area contributed by atoms with Crippen molar-refractivity contribution in [3.63, 3.8) is 0 Å². The maximum Gasteiger partial charge on any atom is 0.124 e. The molecule has 1 heterocycles. The Morgan fingerprint density at radius 1 is 1.67 bits per heavy atom. The zero-order chi connectivity index (χ0) is 10.9. The van der Waals surface area contributed by atoms with Crippen molar-refractivity contribution in [1.29, 1.82) is 0 Å². The van der Waals surface area contributed by atoms with Gasteiger partial charge in [-0.2, -0.15) is 5.10 Å². The first kappa shape index (κ1) is 10.6. The van der Waals surface area contributed by atoms with E-state index in [-0.39, 0.29) is 5.60 Å². The van der Waals surface area contributed by atoms with Gasteiger partial charge in [0.05, 0.1) is 11.3 Å². The number of rotatable bonds is 4. The first-order valence-electron chi connectivity index (χ1n) is 5.48. The molecule has 1 aliphatic carbocycles. The van der Waals surface area contributed by atoms with E-state index in [0.717, 1.165) is 31.5 Å². The molecule has 4 nitrogen and oxygen atoms in total. The van der Waals surface area contributed by atoms with Gasteiger partial charge in [0, 0.05) is 19.9 Å². The fraction of sp³-hybridized carbons (Fsp3) is 0.727. The molecule has 1 atom stereocenters. The van der Waals surface area contributed by atoms with Crippen LogP contribution in [0, 0.1) is 0 Å². The average Bonchev–Trinajstić information content (AvgIpc) is 2.64. The molecular weight excluding hydrogens is 192 g/mol. The first-order valence-corrected chi connectivity index (χ1v) is 5.48. The van der Waals surface area contributed by atoms with Crippen molar-refractivity contribution in [2.24, 2.45) is 0 Å². The Hall–Kier alpha value is -0.870. The fourth-order valence-corrected chi connectivity index (χ4v) is 2.22. The summed E-state index contributed by atoms with van der Waals surface area (Å²) in [5.74, 6) is 0. The van der Waals surface area contributed by atoms with Gasteiger partial charge in [-0.1, -0.05) is 0 Å². The Bertz CT molecular complexity index is 326. The lowest BCUT2D eigenvalue weighted by Crippen LogP contribution is -2.45. The van der Waals surface area contributed by atoms with Crippen molar-refractivity contribution in [1.82, 2.24) is 9.78 Å². The van der Waals surface area contributed by atoms with Gasteiger partial charge in [0.1, 0.15) is 6.10 Å². The molecule has 1 unspecified atom stereocenters. The van der Waals surface area contributed by atoms with E-state index in [2.05, 4.69) is 5.10 Å². The molecule has 0 radical (unpaired) electrons. The minimum Gasteiger partial charge on any atom is -0.384 e. The lowest BCUT2D eigenvalue weighted by molar-refractivity contribution is -0.154. The Labute approximate surface area is 89.9 Å². The third-order valence-corrected chi connectivity index (χ3v) is 3.43. The molecule has 84 valence electrons. The van der Waals surface area contributed by atoms with Crippen LogP contribution in [0.3, 0.4) is 0 Å². The highest BCUT2D eigenvalue weighted by Gasteiger charge is 2.45. The summed E-state index contributed by atoms with van der Waals surface area (Å²) in [7, 11) is 1.68. The molecule has 0 spiro atoms. The summed E-state index contributed by atoms with van der Waals surface area (Å²) in [6.45, 7) is 2.79. The van der Waals surface area contributed by atoms with E-state index < -0.39 is 6.10 Å². The maximum atomic E-state index is 10.3. The molecule has 1 N–H and O–H groups in total. The van der Waals surface area contributed by atoms with Crippen molar-refractivity contribution < 1.29 is 9.84 Å². The van der Waals surface area contributed by atoms with Crippen LogP contribution in [-0.2, 0) is 11.3 Å². The van der Waals surface area contributed by atoms with Gasteiger partial charge in [0.25, 0.3) is 0 Å². The van der Waals surface area contributed by atoms with Crippen molar-refractivity contribution >= 4 is 0 Å². The van der Waals surface area contributed by atoms with Crippen LogP contribution in [-0.4, -0.2) is 27.6 Å². The average molecular weight is 210 g/mol. The number of aromatic nitrogens is 2. The second-order valence-electron chi connectivity index (χ2n) is 4.10. The predicted molar refractivity (Wildman–Crippen MR) is 56.5 cm³/mol. The van der Waals surface area contributed by atoms with E-state index >= 15 is 0 Å². The summed E-state index contributed by atoms with van der Waals surface area (Å²) in [5.41, 5.74) is 0.492. The van der Waals surface area contributed by atoms with Gasteiger partial charge in [-0.3, -0.25) is 4.68 Å². The maximum absolute atomic E-state index is 10.3. The van der Waals surface area contributed by atoms with Gasteiger partial charge in [-0.15, -0.1) is 0 Å². The van der Waals surface area contributed by atoms with Crippen molar-refractivity contribution in [2.45, 2.75) is 44.4 Å². The molecule has 1 aromatic heterocycles. The van der Waals surface area contributed by atoms with Crippen LogP contribution in [0.1, 0.15) is 38.0 Å². The van der Waals surface area contributed by atoms with Gasteiger partial charge in [-0.05, 0) is 32.3 Å². The normalized spacial score (nSPS) is 21.0. The van der Waals surface area contributed by atoms with Crippen molar-refractivity contribution in [3.8, 4) is 0 Å². The molecule has 1 fully saturated rings. The molecule has 0 aliphatic heterocycles. The highest BCUT2D eigenvalue weighted by atomic mass is 16.5. The predicted octanol–water partition coefficient (Wildman–Crippen LogP) is 1.51. The summed E-state index contributed by atoms with van der Waals surface area (Å²) in [6.07, 6.45) is 4.16. The summed E-state index contributed by atoms with van der Waals surface area (Å²) < 4.78 is 7.29. The lowest BCUT2D eigenvalue weighted by Gasteiger charge is -2.44. The first-order chi connectivity index (χ1) is 7.23. The Morgan fingerprint density at radius 2 is 2.40 bits per heavy atom. The van der Waals surface area contributed by atoms with E-state index in [9.17, 15) is 5.11 Å². The summed E-state index contributed by atoms with van der Waals surface area (Å²) in [4.78, 5) is 0. The van der Waals surface area contributed by atoms with Crippen LogP contribution < -0.4 is 0 Å². The van der Waals surface area contributed by atoms with E-state index in [0.29, 0.717) is 0 Å². The number of ether oxygens (including phenoxy) is 1. The summed E-state index contributed by atoms with van der Waals surface area (Å²) >= 11 is 0. The number of aryl methyl sites for hydroxylation is 1. The third-order valence-electron chi connectivity index (χ3n) is 3.43. The van der Waals surface area contributed by atoms with Crippen LogP contribution in [0.4, 0.5) is 0 Å². The number of nitrogens with zero attached hydrogens (tertiary/aromatic N) is 2. The van der Waals surface area contributed by atoms with Crippen LogP contribution in [0.15, 0.2) is 12.3 Å². The molecule has 1 aromatic rings. The molecule has 2 rings (SSSR count). The molecule has 1 aliphatic rings. The van der Waals surface area contributed by atoms with Crippen LogP contribution in [0.5, 0.6) is 0 Å². The minimum atomic E-state index is -0.557. The molecular formula is C11H18N2O2. The van der Waals surface area contributed by atoms with Gasteiger partial charge < -0.3 is 9.84 Å². The van der Waals surface area contributed by atoms with Crippen LogP contribution in [0.25, 0.3) is 0 Å². The molecule has 0 saturated heterocycles. The highest BCUT2D eigenvalue weighted by molar-refractivity contribution is 5.13. The second kappa shape index (κ2) is 3.94. The summed E-state index contributed by atoms with van der Waals surface area (Å²) in [6, 6.07) is 1.87. The van der Waals surface area contributed by atoms with Gasteiger partial charge >= 0.3 is 0 Å². The minimum absolute atomic E-state index is 0.368. The Morgan fingerprint density at radius 3 is 2.87 bits per heavy atom. The molecule has 15 heavy (non-hydrogen) atoms. The molecule has 0 aromatic carbocycles. The zero-order valence-corrected chi connectivity index (χ0v) is 9.31. The monoisotopic (exact) mass is 210 g/mol. The number of methoxy groups -OCH3 is 1. The summed E-state index contributed by atoms with van der Waals surface area (Å²) in [5, 5.41) is 14.5. The number of hydrogen-bond donors (Lipinski definition) is 1. The van der Waals surface area contributed by atoms with Crippen LogP contribution in [0.2, 0.25) is 0 Å². The lowest BCUT2D eigenvalue weighted by atomic mass is 9.75. The van der Waals surface area contributed by atoms with E-state index in [4.69, 9.17) is 4.74 Å². The number of aliphatic hydroxyl groups excluding tert-OH is 1. The fourth-order valence-electron chi connectivity index (χ4n) is 2.22. The van der Waals surface area contributed by atoms with E-state index in [1.165, 1.54) is 0 Å². The smallest absolute Gasteiger partial charge is 0.124 e. The zero-order valence-electron chi connectivity index (χ0n) is 9.31. The molecule has 0 bridgehead atoms. The third kappa shape index (κ3) is 1.58. The SMILES string of the molecule is CCn1nccc1C(O)C1(OC)CCC1. The van der Waals surface area contributed by atoms with E-state index in [1.807, 2.05) is 17.7 Å². The Kier molecular flexibility index (Phi) is 2.80. The number of hydrogen-bond acceptors (Lipinski definition) is 3. The largest absolute Gasteiger partial charge is 0.384 e. The van der Waals surface area contributed by atoms with Crippen LogP contribution >= 0.6 is 0 Å². The molecule has 0 amide bonds. The van der Waals surface area contributed by atoms with Crippen molar-refractivity contribution in [2.75, 3.05) is 7.11 Å². The van der Waals surface area contributed by atoms with Gasteiger partial charge in [0.15, 0.2) is 0 Å². The van der Waals surface area contributed by atoms with Crippen molar-refractivity contribution in [3.05, 3.63) is 18.0 Å². The topological polar surface area (TPSA) is 47.3 Å². The second-order valence-corrected chi connectivity index (χ2v) is 4.10. The standard InChI is InChI=1S/C11H18N2O2/c1-3-13-9(5-8-12-13)10(14)11(15-2)6-4-7-11/h5,8,10,14H,3-4,6-7H2,1-2H3. The quantitative estimate of drug-likeness (QED) is 0.819. The highest BCUT2D eigenvalue weighted by Crippen LogP contribution is 2.44. The van der Waals surface area contributed by atoms with Gasteiger partial charge in [-0.25, -0.2) is 0 Å². The molecule has 4 heteroatoms. The number of aliphatic hydroxyl groups is 1. The molecule has 1 saturated carbocycles. The Balaban J connectivity index is 2.23.